The quantitative estimate of drug-likeness (QED) is 0.804. The highest BCUT2D eigenvalue weighted by molar-refractivity contribution is 5.73. The molecule has 88 valence electrons. The van der Waals surface area contributed by atoms with E-state index in [0.717, 1.165) is 19.3 Å². The number of carbonyl (C=O) groups is 1. The van der Waals surface area contributed by atoms with Crippen LogP contribution in [0.15, 0.2) is 36.4 Å². The number of benzene rings is 1. The van der Waals surface area contributed by atoms with Crippen molar-refractivity contribution in [3.05, 3.63) is 42.0 Å². The van der Waals surface area contributed by atoms with Gasteiger partial charge in [0.25, 0.3) is 0 Å². The van der Waals surface area contributed by atoms with Crippen LogP contribution in [-0.4, -0.2) is 28.2 Å². The molecule has 0 saturated carbocycles. The summed E-state index contributed by atoms with van der Waals surface area (Å²) in [5.41, 5.74) is 2.53. The maximum absolute atomic E-state index is 11.2. The number of fused-ring (bicyclic) bond motifs is 2. The smallest absolute Gasteiger partial charge is 0.408 e. The van der Waals surface area contributed by atoms with Gasteiger partial charge in [0.2, 0.25) is 0 Å². The molecule has 2 aliphatic rings. The summed E-state index contributed by atoms with van der Waals surface area (Å²) < 4.78 is 0. The van der Waals surface area contributed by atoms with Crippen molar-refractivity contribution in [3.63, 3.8) is 0 Å². The third-order valence-electron chi connectivity index (χ3n) is 3.76. The molecule has 1 N–H and O–H groups in total. The minimum absolute atomic E-state index is 0.0847. The zero-order valence-electron chi connectivity index (χ0n) is 9.54. The van der Waals surface area contributed by atoms with Crippen LogP contribution in [0.2, 0.25) is 0 Å². The maximum atomic E-state index is 11.2. The number of rotatable bonds is 1. The standard InChI is InChI=1S/C14H15NO2/c16-14(17)15-12-6-7-13(15)9-11(8-12)10-4-2-1-3-5-10/h1-5,8,12-13H,6-7,9H2,(H,16,17). The van der Waals surface area contributed by atoms with Crippen LogP contribution in [0.1, 0.15) is 24.8 Å². The Bertz CT molecular complexity index is 466. The van der Waals surface area contributed by atoms with Crippen LogP contribution < -0.4 is 0 Å². The van der Waals surface area contributed by atoms with Crippen LogP contribution in [0.5, 0.6) is 0 Å². The van der Waals surface area contributed by atoms with E-state index in [1.54, 1.807) is 4.90 Å². The Morgan fingerprint density at radius 3 is 2.65 bits per heavy atom. The Morgan fingerprint density at radius 1 is 1.24 bits per heavy atom. The largest absolute Gasteiger partial charge is 0.465 e. The van der Waals surface area contributed by atoms with Crippen molar-refractivity contribution >= 4 is 11.7 Å². The predicted octanol–water partition coefficient (Wildman–Crippen LogP) is 2.98. The Labute approximate surface area is 100 Å². The third kappa shape index (κ3) is 1.71. The zero-order valence-corrected chi connectivity index (χ0v) is 9.54. The van der Waals surface area contributed by atoms with Crippen LogP contribution in [0.25, 0.3) is 5.57 Å². The van der Waals surface area contributed by atoms with E-state index in [1.165, 1.54) is 11.1 Å². The molecule has 0 aliphatic carbocycles. The molecule has 1 saturated heterocycles. The summed E-state index contributed by atoms with van der Waals surface area (Å²) in [7, 11) is 0. The van der Waals surface area contributed by atoms with Crippen molar-refractivity contribution < 1.29 is 9.90 Å². The topological polar surface area (TPSA) is 40.5 Å². The Kier molecular flexibility index (Phi) is 2.39. The molecule has 1 aromatic carbocycles. The van der Waals surface area contributed by atoms with E-state index >= 15 is 0 Å². The van der Waals surface area contributed by atoms with Gasteiger partial charge < -0.3 is 5.11 Å². The number of hydrogen-bond donors (Lipinski definition) is 1. The highest BCUT2D eigenvalue weighted by Gasteiger charge is 2.39. The normalized spacial score (nSPS) is 26.8. The monoisotopic (exact) mass is 229 g/mol. The Morgan fingerprint density at radius 2 is 2.00 bits per heavy atom. The minimum Gasteiger partial charge on any atom is -0.465 e. The number of hydrogen-bond acceptors (Lipinski definition) is 1. The lowest BCUT2D eigenvalue weighted by Crippen LogP contribution is -2.41. The van der Waals surface area contributed by atoms with E-state index in [4.69, 9.17) is 0 Å². The van der Waals surface area contributed by atoms with Crippen molar-refractivity contribution in [3.8, 4) is 0 Å². The van der Waals surface area contributed by atoms with Gasteiger partial charge in [-0.05, 0) is 30.4 Å². The number of amides is 1. The van der Waals surface area contributed by atoms with Crippen LogP contribution in [0, 0.1) is 0 Å². The SMILES string of the molecule is O=C(O)N1C2C=C(c3ccccc3)CC1CC2. The molecule has 3 heteroatoms. The highest BCUT2D eigenvalue weighted by atomic mass is 16.4. The average Bonchev–Trinajstić information content (AvgIpc) is 2.62. The molecule has 2 heterocycles. The lowest BCUT2D eigenvalue weighted by molar-refractivity contribution is 0.128. The molecule has 2 atom stereocenters. The van der Waals surface area contributed by atoms with Gasteiger partial charge >= 0.3 is 6.09 Å². The molecule has 3 rings (SSSR count). The van der Waals surface area contributed by atoms with E-state index in [1.807, 2.05) is 18.2 Å². The zero-order chi connectivity index (χ0) is 11.8. The summed E-state index contributed by atoms with van der Waals surface area (Å²) in [6.45, 7) is 0. The van der Waals surface area contributed by atoms with Crippen LogP contribution in [0.4, 0.5) is 4.79 Å². The van der Waals surface area contributed by atoms with Crippen LogP contribution >= 0.6 is 0 Å². The van der Waals surface area contributed by atoms with Crippen molar-refractivity contribution in [2.75, 3.05) is 0 Å². The van der Waals surface area contributed by atoms with E-state index in [0.29, 0.717) is 0 Å². The van der Waals surface area contributed by atoms with Gasteiger partial charge in [-0.1, -0.05) is 36.4 Å². The average molecular weight is 229 g/mol. The van der Waals surface area contributed by atoms with Crippen molar-refractivity contribution in [1.29, 1.82) is 0 Å². The lowest BCUT2D eigenvalue weighted by atomic mass is 9.95. The van der Waals surface area contributed by atoms with Gasteiger partial charge in [-0.3, -0.25) is 4.90 Å². The first-order valence-electron chi connectivity index (χ1n) is 6.03. The second-order valence-electron chi connectivity index (χ2n) is 4.75. The second kappa shape index (κ2) is 3.91. The Hall–Kier alpha value is -1.77. The molecule has 2 bridgehead atoms. The van der Waals surface area contributed by atoms with Gasteiger partial charge in [0.1, 0.15) is 0 Å². The maximum Gasteiger partial charge on any atom is 0.408 e. The minimum atomic E-state index is -0.777. The van der Waals surface area contributed by atoms with Gasteiger partial charge in [0, 0.05) is 6.04 Å². The fraction of sp³-hybridized carbons (Fsp3) is 0.357. The van der Waals surface area contributed by atoms with Gasteiger partial charge in [-0.25, -0.2) is 4.79 Å². The molecule has 17 heavy (non-hydrogen) atoms. The van der Waals surface area contributed by atoms with Crippen LogP contribution in [-0.2, 0) is 0 Å². The van der Waals surface area contributed by atoms with Gasteiger partial charge in [-0.15, -0.1) is 0 Å². The molecule has 3 nitrogen and oxygen atoms in total. The number of nitrogens with zero attached hydrogens (tertiary/aromatic N) is 1. The molecule has 1 amide bonds. The van der Waals surface area contributed by atoms with E-state index < -0.39 is 6.09 Å². The molecular weight excluding hydrogens is 214 g/mol. The third-order valence-corrected chi connectivity index (χ3v) is 3.76. The number of carboxylic acid groups (broad SMARTS) is 1. The van der Waals surface area contributed by atoms with E-state index in [9.17, 15) is 9.90 Å². The van der Waals surface area contributed by atoms with Gasteiger partial charge in [0.15, 0.2) is 0 Å². The molecule has 0 radical (unpaired) electrons. The van der Waals surface area contributed by atoms with E-state index in [2.05, 4.69) is 18.2 Å². The fourth-order valence-electron chi connectivity index (χ4n) is 2.99. The summed E-state index contributed by atoms with van der Waals surface area (Å²) >= 11 is 0. The van der Waals surface area contributed by atoms with Gasteiger partial charge in [0.05, 0.1) is 6.04 Å². The molecule has 0 aromatic heterocycles. The molecule has 2 unspecified atom stereocenters. The molecular formula is C14H15NO2. The second-order valence-corrected chi connectivity index (χ2v) is 4.75. The highest BCUT2D eigenvalue weighted by Crippen LogP contribution is 2.38. The van der Waals surface area contributed by atoms with Gasteiger partial charge in [-0.2, -0.15) is 0 Å². The molecule has 1 fully saturated rings. The summed E-state index contributed by atoms with van der Waals surface area (Å²) in [6, 6.07) is 10.5. The summed E-state index contributed by atoms with van der Waals surface area (Å²) in [4.78, 5) is 12.8. The molecule has 0 spiro atoms. The summed E-state index contributed by atoms with van der Waals surface area (Å²) in [6.07, 6.45) is 4.16. The van der Waals surface area contributed by atoms with E-state index in [-0.39, 0.29) is 12.1 Å². The molecule has 1 aromatic rings. The van der Waals surface area contributed by atoms with Crippen LogP contribution in [0.3, 0.4) is 0 Å². The lowest BCUT2D eigenvalue weighted by Gasteiger charge is -2.31. The first-order chi connectivity index (χ1) is 8.25. The fourth-order valence-corrected chi connectivity index (χ4v) is 2.99. The predicted molar refractivity (Wildman–Crippen MR) is 65.7 cm³/mol. The first kappa shape index (κ1) is 10.4. The van der Waals surface area contributed by atoms with Crippen molar-refractivity contribution in [1.82, 2.24) is 4.90 Å². The van der Waals surface area contributed by atoms with Crippen molar-refractivity contribution in [2.24, 2.45) is 0 Å². The first-order valence-corrected chi connectivity index (χ1v) is 6.03. The molecule has 2 aliphatic heterocycles. The summed E-state index contributed by atoms with van der Waals surface area (Å²) in [5, 5.41) is 9.17. The Balaban J connectivity index is 1.92. The summed E-state index contributed by atoms with van der Waals surface area (Å²) in [5.74, 6) is 0. The van der Waals surface area contributed by atoms with Crippen molar-refractivity contribution in [2.45, 2.75) is 31.3 Å².